The van der Waals surface area contributed by atoms with Crippen molar-refractivity contribution in [1.82, 2.24) is 24.2 Å². The lowest BCUT2D eigenvalue weighted by Gasteiger charge is -2.27. The third kappa shape index (κ3) is 5.51. The third-order valence-corrected chi connectivity index (χ3v) is 4.53. The molecule has 1 aliphatic rings. The first-order valence-electron chi connectivity index (χ1n) is 9.29. The number of rotatable bonds is 3. The maximum atomic E-state index is 12.7. The first-order valence-corrected chi connectivity index (χ1v) is 9.29. The molecular weight excluding hydrogens is 429 g/mol. The fourth-order valence-electron chi connectivity index (χ4n) is 2.99. The summed E-state index contributed by atoms with van der Waals surface area (Å²) in [7, 11) is 0. The first-order chi connectivity index (χ1) is 15.2. The lowest BCUT2D eigenvalue weighted by Crippen LogP contribution is -2.38. The highest BCUT2D eigenvalue weighted by atomic mass is 19.4. The Morgan fingerprint density at radius 1 is 1.19 bits per heavy atom. The van der Waals surface area contributed by atoms with Gasteiger partial charge in [0.2, 0.25) is 0 Å². The molecule has 1 aliphatic heterocycles. The molecule has 0 unspecified atom stereocenters. The number of amides is 1. The predicted molar refractivity (Wildman–Crippen MR) is 103 cm³/mol. The van der Waals surface area contributed by atoms with Crippen molar-refractivity contribution < 1.29 is 27.9 Å². The van der Waals surface area contributed by atoms with Gasteiger partial charge < -0.3 is 14.6 Å². The van der Waals surface area contributed by atoms with Crippen LogP contribution in [0.4, 0.5) is 13.2 Å². The van der Waals surface area contributed by atoms with Gasteiger partial charge in [-0.1, -0.05) is 0 Å². The minimum absolute atomic E-state index is 0.0348. The number of carboxylic acid groups (broad SMARTS) is 1. The Morgan fingerprint density at radius 3 is 2.44 bits per heavy atom. The number of nitrogens with zero attached hydrogens (tertiary/aromatic N) is 6. The van der Waals surface area contributed by atoms with Gasteiger partial charge in [0.05, 0.1) is 30.4 Å². The van der Waals surface area contributed by atoms with Crippen LogP contribution in [0.5, 0.6) is 0 Å². The number of nitriles is 1. The predicted octanol–water partition coefficient (Wildman–Crippen LogP) is 2.29. The molecule has 9 nitrogen and oxygen atoms in total. The smallest absolute Gasteiger partial charge is 0.475 e. The highest BCUT2D eigenvalue weighted by Crippen LogP contribution is 2.17. The fraction of sp³-hybridized carbons (Fsp3) is 0.250. The van der Waals surface area contributed by atoms with Crippen LogP contribution < -0.4 is 0 Å². The largest absolute Gasteiger partial charge is 0.490 e. The van der Waals surface area contributed by atoms with Crippen molar-refractivity contribution in [3.8, 4) is 6.07 Å². The monoisotopic (exact) mass is 446 g/mol. The fourth-order valence-corrected chi connectivity index (χ4v) is 2.99. The first kappa shape index (κ1) is 22.5. The Hall–Kier alpha value is -4.14. The number of hydrogen-bond acceptors (Lipinski definition) is 5. The van der Waals surface area contributed by atoms with E-state index in [4.69, 9.17) is 15.2 Å². The summed E-state index contributed by atoms with van der Waals surface area (Å²) < 4.78 is 35.7. The maximum Gasteiger partial charge on any atom is 0.490 e. The number of fused-ring (bicyclic) bond motifs is 1. The molecule has 2 aromatic heterocycles. The van der Waals surface area contributed by atoms with Crippen LogP contribution in [0.25, 0.3) is 0 Å². The average molecular weight is 446 g/mol. The van der Waals surface area contributed by atoms with Crippen LogP contribution in [0.2, 0.25) is 0 Å². The van der Waals surface area contributed by atoms with Crippen LogP contribution >= 0.6 is 0 Å². The summed E-state index contributed by atoms with van der Waals surface area (Å²) in [5.41, 5.74) is 2.08. The van der Waals surface area contributed by atoms with E-state index >= 15 is 0 Å². The molecule has 0 bridgehead atoms. The highest BCUT2D eigenvalue weighted by molar-refractivity contribution is 5.94. The molecular formula is C20H17F3N6O3. The van der Waals surface area contributed by atoms with Gasteiger partial charge in [0.15, 0.2) is 0 Å². The summed E-state index contributed by atoms with van der Waals surface area (Å²) in [6, 6.07) is 10.7. The summed E-state index contributed by atoms with van der Waals surface area (Å²) >= 11 is 0. The van der Waals surface area contributed by atoms with Crippen molar-refractivity contribution >= 4 is 11.9 Å². The van der Waals surface area contributed by atoms with Crippen LogP contribution in [-0.4, -0.2) is 53.9 Å². The molecule has 0 aliphatic carbocycles. The van der Waals surface area contributed by atoms with E-state index in [0.717, 1.165) is 18.1 Å². The lowest BCUT2D eigenvalue weighted by molar-refractivity contribution is -0.192. The average Bonchev–Trinajstić information content (AvgIpc) is 3.42. The van der Waals surface area contributed by atoms with Crippen molar-refractivity contribution in [3.63, 3.8) is 0 Å². The van der Waals surface area contributed by atoms with Crippen LogP contribution in [0.1, 0.15) is 27.4 Å². The summed E-state index contributed by atoms with van der Waals surface area (Å²) in [6.07, 6.45) is 0.591. The number of halogens is 3. The van der Waals surface area contributed by atoms with Gasteiger partial charge in [-0.05, 0) is 30.3 Å². The second-order valence-electron chi connectivity index (χ2n) is 6.76. The molecule has 0 atom stereocenters. The van der Waals surface area contributed by atoms with Crippen molar-refractivity contribution in [2.75, 3.05) is 6.54 Å². The van der Waals surface area contributed by atoms with Crippen molar-refractivity contribution in [3.05, 3.63) is 71.6 Å². The van der Waals surface area contributed by atoms with Gasteiger partial charge in [0.25, 0.3) is 5.91 Å². The molecule has 1 aromatic carbocycles. The quantitative estimate of drug-likeness (QED) is 0.660. The molecule has 3 heterocycles. The maximum absolute atomic E-state index is 12.7. The zero-order valence-corrected chi connectivity index (χ0v) is 16.5. The topological polar surface area (TPSA) is 117 Å². The molecule has 1 amide bonds. The van der Waals surface area contributed by atoms with E-state index in [0.29, 0.717) is 30.8 Å². The normalized spacial score (nSPS) is 12.9. The summed E-state index contributed by atoms with van der Waals surface area (Å²) in [4.78, 5) is 28.0. The van der Waals surface area contributed by atoms with Gasteiger partial charge >= 0.3 is 12.1 Å². The van der Waals surface area contributed by atoms with Crippen molar-refractivity contribution in [1.29, 1.82) is 5.26 Å². The number of aliphatic carboxylic acids is 1. The van der Waals surface area contributed by atoms with E-state index in [-0.39, 0.29) is 5.91 Å². The van der Waals surface area contributed by atoms with E-state index in [1.165, 1.54) is 0 Å². The van der Waals surface area contributed by atoms with Gasteiger partial charge in [0, 0.05) is 37.2 Å². The Balaban J connectivity index is 0.000000360. The summed E-state index contributed by atoms with van der Waals surface area (Å²) in [5, 5.41) is 20.2. The minimum Gasteiger partial charge on any atom is -0.475 e. The number of imidazole rings is 1. The van der Waals surface area contributed by atoms with Crippen LogP contribution in [0.3, 0.4) is 0 Å². The number of hydrogen-bond donors (Lipinski definition) is 1. The van der Waals surface area contributed by atoms with Crippen molar-refractivity contribution in [2.24, 2.45) is 0 Å². The number of aromatic nitrogens is 4. The number of alkyl halides is 3. The molecule has 0 saturated heterocycles. The number of benzene rings is 1. The van der Waals surface area contributed by atoms with Gasteiger partial charge in [-0.15, -0.1) is 0 Å². The molecule has 3 aromatic rings. The molecule has 0 spiro atoms. The van der Waals surface area contributed by atoms with E-state index in [9.17, 15) is 18.0 Å². The summed E-state index contributed by atoms with van der Waals surface area (Å²) in [5.74, 6) is -1.91. The van der Waals surface area contributed by atoms with E-state index in [2.05, 4.69) is 20.7 Å². The molecule has 0 fully saturated rings. The molecule has 32 heavy (non-hydrogen) atoms. The van der Waals surface area contributed by atoms with E-state index in [1.54, 1.807) is 35.4 Å². The Labute approximate surface area is 179 Å². The number of carbonyl (C=O) groups excluding carboxylic acids is 1. The Bertz CT molecular complexity index is 1130. The van der Waals surface area contributed by atoms with Crippen LogP contribution in [0.15, 0.2) is 48.9 Å². The molecule has 12 heteroatoms. The number of carbonyl (C=O) groups is 2. The van der Waals surface area contributed by atoms with E-state index in [1.807, 2.05) is 23.1 Å². The van der Waals surface area contributed by atoms with Gasteiger partial charge in [-0.2, -0.15) is 23.5 Å². The SMILES string of the molecule is N#Cc1ccc(C(=O)N2CCn3cc(Cn4cccn4)nc3C2)cc1.O=C(O)C(F)(F)F. The van der Waals surface area contributed by atoms with Crippen LogP contribution in [-0.2, 0) is 24.4 Å². The molecule has 4 rings (SSSR count). The number of carboxylic acids is 1. The second kappa shape index (κ2) is 9.34. The Morgan fingerprint density at radius 2 is 1.88 bits per heavy atom. The zero-order chi connectivity index (χ0) is 23.3. The van der Waals surface area contributed by atoms with Gasteiger partial charge in [0.1, 0.15) is 5.82 Å². The highest BCUT2D eigenvalue weighted by Gasteiger charge is 2.38. The molecule has 1 N–H and O–H groups in total. The van der Waals surface area contributed by atoms with Gasteiger partial charge in [-0.25, -0.2) is 9.78 Å². The third-order valence-electron chi connectivity index (χ3n) is 4.53. The second-order valence-corrected chi connectivity index (χ2v) is 6.76. The molecule has 0 saturated carbocycles. The Kier molecular flexibility index (Phi) is 6.58. The summed E-state index contributed by atoms with van der Waals surface area (Å²) in [6.45, 7) is 2.47. The van der Waals surface area contributed by atoms with Crippen molar-refractivity contribution in [2.45, 2.75) is 25.8 Å². The zero-order valence-electron chi connectivity index (χ0n) is 16.5. The molecule has 0 radical (unpaired) electrons. The lowest BCUT2D eigenvalue weighted by atomic mass is 10.1. The minimum atomic E-state index is -5.08. The van der Waals surface area contributed by atoms with Crippen LogP contribution in [0, 0.1) is 11.3 Å². The molecule has 166 valence electrons. The standard InChI is InChI=1S/C18H16N6O.C2HF3O2/c19-10-14-2-4-15(5-3-14)18(25)23-9-8-22-11-16(21-17(22)13-23)12-24-7-1-6-20-24;3-2(4,5)1(6)7/h1-7,11H,8-9,12-13H2;(H,6,7). The van der Waals surface area contributed by atoms with Gasteiger partial charge in [-0.3, -0.25) is 9.48 Å². The van der Waals surface area contributed by atoms with E-state index < -0.39 is 12.1 Å².